The average Bonchev–Trinajstić information content (AvgIpc) is 2.85. The number of halogens is 1. The Morgan fingerprint density at radius 1 is 1.18 bits per heavy atom. The second-order valence-corrected chi connectivity index (χ2v) is 8.80. The van der Waals surface area contributed by atoms with Gasteiger partial charge >= 0.3 is 0 Å². The highest BCUT2D eigenvalue weighted by atomic mass is 35.5. The van der Waals surface area contributed by atoms with Crippen LogP contribution in [0.3, 0.4) is 0 Å². The molecule has 170 valence electrons. The van der Waals surface area contributed by atoms with E-state index in [2.05, 4.69) is 25.1 Å². The first-order chi connectivity index (χ1) is 15.9. The number of anilines is 3. The second kappa shape index (κ2) is 10.1. The molecule has 1 aliphatic rings. The molecule has 9 heteroatoms. The number of aromatic nitrogens is 2. The van der Waals surface area contributed by atoms with Gasteiger partial charge in [-0.15, -0.1) is 0 Å². The number of carbonyl (C=O) groups is 1. The Balaban J connectivity index is 1.44. The summed E-state index contributed by atoms with van der Waals surface area (Å²) in [5.41, 5.74) is 8.94. The molecule has 3 aromatic rings. The van der Waals surface area contributed by atoms with E-state index < -0.39 is 0 Å². The number of benzene rings is 1. The van der Waals surface area contributed by atoms with Gasteiger partial charge in [-0.1, -0.05) is 36.0 Å². The predicted octanol–water partition coefficient (Wildman–Crippen LogP) is 4.12. The fourth-order valence-electron chi connectivity index (χ4n) is 4.07. The summed E-state index contributed by atoms with van der Waals surface area (Å²) in [5.74, 6) is 0.260. The van der Waals surface area contributed by atoms with E-state index in [4.69, 9.17) is 29.6 Å². The van der Waals surface area contributed by atoms with Gasteiger partial charge in [0.2, 0.25) is 0 Å². The zero-order valence-corrected chi connectivity index (χ0v) is 19.8. The maximum Gasteiger partial charge on any atom is 0.258 e. The van der Waals surface area contributed by atoms with Gasteiger partial charge in [0.15, 0.2) is 0 Å². The number of thiocarbonyl (C=S) groups is 1. The maximum atomic E-state index is 13.0. The zero-order valence-electron chi connectivity index (χ0n) is 18.2. The Morgan fingerprint density at radius 2 is 1.94 bits per heavy atom. The molecule has 1 aliphatic heterocycles. The molecule has 2 aromatic heterocycles. The van der Waals surface area contributed by atoms with Gasteiger partial charge in [-0.05, 0) is 49.2 Å². The molecule has 0 aliphatic carbocycles. The maximum absolute atomic E-state index is 13.0. The van der Waals surface area contributed by atoms with Gasteiger partial charge in [0, 0.05) is 49.9 Å². The van der Waals surface area contributed by atoms with Crippen molar-refractivity contribution in [3.63, 3.8) is 0 Å². The van der Waals surface area contributed by atoms with E-state index in [1.807, 2.05) is 43.4 Å². The molecule has 0 unspecified atom stereocenters. The molecule has 7 nitrogen and oxygen atoms in total. The third-order valence-electron chi connectivity index (χ3n) is 5.87. The zero-order chi connectivity index (χ0) is 23.4. The molecular formula is C24H25ClN6OS. The molecule has 3 heterocycles. The molecule has 1 fully saturated rings. The molecular weight excluding hydrogens is 456 g/mol. The first kappa shape index (κ1) is 22.9. The topological polar surface area (TPSA) is 87.4 Å². The van der Waals surface area contributed by atoms with Crippen molar-refractivity contribution in [2.75, 3.05) is 35.3 Å². The Kier molecular flexibility index (Phi) is 7.05. The first-order valence-corrected chi connectivity index (χ1v) is 11.5. The number of nitrogens with two attached hydrogens (primary N) is 1. The molecule has 33 heavy (non-hydrogen) atoms. The standard InChI is InChI=1S/C24H25ClN6OS/c1-30(17-9-12-31(13-10-17)18-8-11-27-20(14-18)23(26)33)21-5-3-2-4-19(21)24(32)29-22-7-6-16(25)15-28-22/h2-8,11,14-15,17H,9-10,12-13H2,1H3,(H2,26,33)(H,28,29,32). The van der Waals surface area contributed by atoms with Gasteiger partial charge in [0.25, 0.3) is 5.91 Å². The smallest absolute Gasteiger partial charge is 0.258 e. The number of rotatable bonds is 6. The summed E-state index contributed by atoms with van der Waals surface area (Å²) in [4.78, 5) is 26.2. The number of carbonyl (C=O) groups excluding carboxylic acids is 1. The van der Waals surface area contributed by atoms with Gasteiger partial charge in [0.1, 0.15) is 10.8 Å². The number of pyridine rings is 2. The quantitative estimate of drug-likeness (QED) is 0.513. The second-order valence-electron chi connectivity index (χ2n) is 7.93. The van der Waals surface area contributed by atoms with Crippen molar-refractivity contribution in [3.05, 3.63) is 77.2 Å². The lowest BCUT2D eigenvalue weighted by atomic mass is 10.0. The Bertz CT molecular complexity index is 1150. The summed E-state index contributed by atoms with van der Waals surface area (Å²) < 4.78 is 0. The van der Waals surface area contributed by atoms with Gasteiger partial charge in [-0.2, -0.15) is 0 Å². The van der Waals surface area contributed by atoms with Crippen LogP contribution >= 0.6 is 23.8 Å². The minimum atomic E-state index is -0.202. The monoisotopic (exact) mass is 480 g/mol. The molecule has 3 N–H and O–H groups in total. The van der Waals surface area contributed by atoms with Crippen molar-refractivity contribution in [1.82, 2.24) is 9.97 Å². The van der Waals surface area contributed by atoms with Gasteiger partial charge in [0.05, 0.1) is 16.3 Å². The largest absolute Gasteiger partial charge is 0.388 e. The number of nitrogens with one attached hydrogen (secondary N) is 1. The highest BCUT2D eigenvalue weighted by Crippen LogP contribution is 2.28. The third kappa shape index (κ3) is 5.40. The van der Waals surface area contributed by atoms with Crippen LogP contribution in [-0.4, -0.2) is 47.0 Å². The molecule has 1 saturated heterocycles. The number of hydrogen-bond acceptors (Lipinski definition) is 6. The van der Waals surface area contributed by atoms with Crippen LogP contribution in [0.1, 0.15) is 28.9 Å². The van der Waals surface area contributed by atoms with Crippen LogP contribution in [0.4, 0.5) is 17.2 Å². The van der Waals surface area contributed by atoms with E-state index in [0.717, 1.165) is 37.3 Å². The van der Waals surface area contributed by atoms with Crippen LogP contribution in [0.5, 0.6) is 0 Å². The van der Waals surface area contributed by atoms with Crippen LogP contribution in [0.2, 0.25) is 5.02 Å². The third-order valence-corrected chi connectivity index (χ3v) is 6.30. The molecule has 0 saturated carbocycles. The summed E-state index contributed by atoms with van der Waals surface area (Å²) in [6, 6.07) is 15.2. The lowest BCUT2D eigenvalue weighted by Gasteiger charge is -2.39. The molecule has 0 bridgehead atoms. The minimum Gasteiger partial charge on any atom is -0.388 e. The Morgan fingerprint density at radius 3 is 2.64 bits per heavy atom. The summed E-state index contributed by atoms with van der Waals surface area (Å²) in [7, 11) is 2.05. The number of piperidine rings is 1. The SMILES string of the molecule is CN(c1ccccc1C(=O)Nc1ccc(Cl)cn1)C1CCN(c2ccnc(C(N)=S)c2)CC1. The van der Waals surface area contributed by atoms with Gasteiger partial charge < -0.3 is 20.9 Å². The molecule has 0 radical (unpaired) electrons. The van der Waals surface area contributed by atoms with E-state index in [0.29, 0.717) is 33.1 Å². The number of para-hydroxylation sites is 1. The number of hydrogen-bond donors (Lipinski definition) is 2. The lowest BCUT2D eigenvalue weighted by Crippen LogP contribution is -2.44. The van der Waals surface area contributed by atoms with E-state index in [9.17, 15) is 4.79 Å². The average molecular weight is 481 g/mol. The highest BCUT2D eigenvalue weighted by Gasteiger charge is 2.25. The molecule has 4 rings (SSSR count). The highest BCUT2D eigenvalue weighted by molar-refractivity contribution is 7.80. The van der Waals surface area contributed by atoms with Crippen LogP contribution in [0, 0.1) is 0 Å². The molecule has 1 amide bonds. The van der Waals surface area contributed by atoms with Crippen LogP contribution in [0.25, 0.3) is 0 Å². The van der Waals surface area contributed by atoms with Crippen molar-refractivity contribution < 1.29 is 4.79 Å². The normalized spacial score (nSPS) is 14.1. The summed E-state index contributed by atoms with van der Waals surface area (Å²) in [6.45, 7) is 1.78. The predicted molar refractivity (Wildman–Crippen MR) is 137 cm³/mol. The minimum absolute atomic E-state index is 0.202. The van der Waals surface area contributed by atoms with E-state index in [-0.39, 0.29) is 5.91 Å². The van der Waals surface area contributed by atoms with Crippen molar-refractivity contribution in [2.45, 2.75) is 18.9 Å². The summed E-state index contributed by atoms with van der Waals surface area (Å²) in [6.07, 6.45) is 5.16. The van der Waals surface area contributed by atoms with E-state index in [1.165, 1.54) is 6.20 Å². The number of amides is 1. The summed E-state index contributed by atoms with van der Waals surface area (Å²) in [5, 5.41) is 3.38. The van der Waals surface area contributed by atoms with E-state index in [1.54, 1.807) is 18.3 Å². The summed E-state index contributed by atoms with van der Waals surface area (Å²) >= 11 is 10.9. The van der Waals surface area contributed by atoms with Gasteiger partial charge in [-0.25, -0.2) is 4.98 Å². The van der Waals surface area contributed by atoms with Crippen molar-refractivity contribution in [1.29, 1.82) is 0 Å². The van der Waals surface area contributed by atoms with Crippen molar-refractivity contribution in [3.8, 4) is 0 Å². The fraction of sp³-hybridized carbons (Fsp3) is 0.250. The molecule has 0 atom stereocenters. The molecule has 1 aromatic carbocycles. The van der Waals surface area contributed by atoms with Crippen molar-refractivity contribution in [2.24, 2.45) is 5.73 Å². The van der Waals surface area contributed by atoms with Crippen LogP contribution in [0.15, 0.2) is 60.9 Å². The fourth-order valence-corrected chi connectivity index (χ4v) is 4.29. The van der Waals surface area contributed by atoms with Crippen molar-refractivity contribution >= 4 is 51.9 Å². The van der Waals surface area contributed by atoms with Crippen LogP contribution in [-0.2, 0) is 0 Å². The van der Waals surface area contributed by atoms with Crippen LogP contribution < -0.4 is 20.9 Å². The van der Waals surface area contributed by atoms with E-state index >= 15 is 0 Å². The Hall–Kier alpha value is -3.23. The first-order valence-electron chi connectivity index (χ1n) is 10.7. The molecule has 0 spiro atoms. The lowest BCUT2D eigenvalue weighted by molar-refractivity contribution is 0.102. The van der Waals surface area contributed by atoms with Gasteiger partial charge in [-0.3, -0.25) is 9.78 Å². The Labute approximate surface area is 203 Å². The number of nitrogens with zero attached hydrogens (tertiary/aromatic N) is 4.